The molecule has 0 aromatic heterocycles. The molecule has 1 rings (SSSR count). The average Bonchev–Trinajstić information content (AvgIpc) is 2.31. The van der Waals surface area contributed by atoms with Crippen LogP contribution in [0.1, 0.15) is 30.9 Å². The van der Waals surface area contributed by atoms with E-state index in [1.165, 1.54) is 0 Å². The van der Waals surface area contributed by atoms with Crippen molar-refractivity contribution in [1.82, 2.24) is 0 Å². The van der Waals surface area contributed by atoms with Crippen LogP contribution in [0, 0.1) is 6.92 Å². The van der Waals surface area contributed by atoms with E-state index in [2.05, 4.69) is 4.74 Å². The van der Waals surface area contributed by atoms with Gasteiger partial charge in [0.05, 0.1) is 6.61 Å². The molecule has 1 aromatic carbocycles. The first-order valence-corrected chi connectivity index (χ1v) is 6.38. The van der Waals surface area contributed by atoms with Crippen LogP contribution in [0.4, 0.5) is 18.9 Å². The van der Waals surface area contributed by atoms with Crippen LogP contribution >= 0.6 is 0 Å². The Morgan fingerprint density at radius 3 is 2.40 bits per heavy atom. The van der Waals surface area contributed by atoms with E-state index in [1.54, 1.807) is 6.07 Å². The lowest BCUT2D eigenvalue weighted by Gasteiger charge is -2.16. The summed E-state index contributed by atoms with van der Waals surface area (Å²) in [5.74, 6) is 0.853. The Bertz CT molecular complexity index is 445. The van der Waals surface area contributed by atoms with E-state index in [4.69, 9.17) is 10.5 Å². The van der Waals surface area contributed by atoms with Gasteiger partial charge in [0.1, 0.15) is 19.0 Å². The number of halogens is 3. The van der Waals surface area contributed by atoms with Crippen LogP contribution < -0.4 is 10.5 Å². The number of benzene rings is 1. The summed E-state index contributed by atoms with van der Waals surface area (Å²) in [6.07, 6.45) is -4.30. The number of alkyl halides is 3. The van der Waals surface area contributed by atoms with Gasteiger partial charge in [-0.1, -0.05) is 13.8 Å². The number of aryl methyl sites for hydroxylation is 1. The quantitative estimate of drug-likeness (QED) is 0.642. The molecule has 0 aliphatic rings. The molecule has 2 N–H and O–H groups in total. The Labute approximate surface area is 116 Å². The summed E-state index contributed by atoms with van der Waals surface area (Å²) < 4.78 is 45.7. The van der Waals surface area contributed by atoms with Crippen molar-refractivity contribution < 1.29 is 22.6 Å². The largest absolute Gasteiger partial charge is 0.491 e. The predicted octanol–water partition coefficient (Wildman–Crippen LogP) is 3.66. The van der Waals surface area contributed by atoms with Gasteiger partial charge in [-0.05, 0) is 36.1 Å². The molecule has 0 unspecified atom stereocenters. The fourth-order valence-corrected chi connectivity index (χ4v) is 1.69. The normalized spacial score (nSPS) is 11.9. The Morgan fingerprint density at radius 2 is 1.85 bits per heavy atom. The second-order valence-electron chi connectivity index (χ2n) is 4.92. The van der Waals surface area contributed by atoms with E-state index in [1.807, 2.05) is 26.8 Å². The smallest absolute Gasteiger partial charge is 0.411 e. The van der Waals surface area contributed by atoms with Crippen LogP contribution in [0.2, 0.25) is 0 Å². The SMILES string of the molecule is Cc1cc(OCCOCC(F)(F)F)c(C(C)C)cc1N. The van der Waals surface area contributed by atoms with Crippen molar-refractivity contribution in [1.29, 1.82) is 0 Å². The van der Waals surface area contributed by atoms with E-state index in [0.717, 1.165) is 11.1 Å². The molecule has 0 radical (unpaired) electrons. The van der Waals surface area contributed by atoms with E-state index in [0.29, 0.717) is 11.4 Å². The number of hydrogen-bond acceptors (Lipinski definition) is 3. The van der Waals surface area contributed by atoms with Crippen LogP contribution in [0.5, 0.6) is 5.75 Å². The van der Waals surface area contributed by atoms with Crippen molar-refractivity contribution in [3.63, 3.8) is 0 Å². The molecule has 20 heavy (non-hydrogen) atoms. The van der Waals surface area contributed by atoms with Crippen molar-refractivity contribution in [3.05, 3.63) is 23.3 Å². The zero-order valence-corrected chi connectivity index (χ0v) is 11.9. The Kier molecular flexibility index (Phi) is 5.68. The molecule has 0 aliphatic heterocycles. The van der Waals surface area contributed by atoms with Gasteiger partial charge in [0.2, 0.25) is 0 Å². The monoisotopic (exact) mass is 291 g/mol. The lowest BCUT2D eigenvalue weighted by Crippen LogP contribution is -2.19. The second-order valence-corrected chi connectivity index (χ2v) is 4.92. The topological polar surface area (TPSA) is 44.5 Å². The Hall–Kier alpha value is -1.43. The van der Waals surface area contributed by atoms with Crippen molar-refractivity contribution in [2.75, 3.05) is 25.6 Å². The van der Waals surface area contributed by atoms with E-state index < -0.39 is 12.8 Å². The van der Waals surface area contributed by atoms with E-state index in [-0.39, 0.29) is 19.1 Å². The van der Waals surface area contributed by atoms with Crippen LogP contribution in [0.25, 0.3) is 0 Å². The van der Waals surface area contributed by atoms with Crippen molar-refractivity contribution in [2.45, 2.75) is 32.9 Å². The summed E-state index contributed by atoms with van der Waals surface area (Å²) in [5, 5.41) is 0. The van der Waals surface area contributed by atoms with Crippen LogP contribution in [-0.2, 0) is 4.74 Å². The van der Waals surface area contributed by atoms with Crippen molar-refractivity contribution >= 4 is 5.69 Å². The molecule has 3 nitrogen and oxygen atoms in total. The number of ether oxygens (including phenoxy) is 2. The van der Waals surface area contributed by atoms with Crippen LogP contribution in [0.3, 0.4) is 0 Å². The Morgan fingerprint density at radius 1 is 1.20 bits per heavy atom. The van der Waals surface area contributed by atoms with E-state index in [9.17, 15) is 13.2 Å². The van der Waals surface area contributed by atoms with Gasteiger partial charge in [0, 0.05) is 5.69 Å². The molecule has 0 aliphatic carbocycles. The molecule has 0 spiro atoms. The fourth-order valence-electron chi connectivity index (χ4n) is 1.69. The third kappa shape index (κ3) is 5.28. The summed E-state index contributed by atoms with van der Waals surface area (Å²) in [7, 11) is 0. The van der Waals surface area contributed by atoms with Gasteiger partial charge in [0.15, 0.2) is 0 Å². The molecule has 114 valence electrons. The van der Waals surface area contributed by atoms with Crippen molar-refractivity contribution in [3.8, 4) is 5.75 Å². The first-order chi connectivity index (χ1) is 9.20. The lowest BCUT2D eigenvalue weighted by atomic mass is 9.99. The van der Waals surface area contributed by atoms with Gasteiger partial charge in [-0.3, -0.25) is 0 Å². The highest BCUT2D eigenvalue weighted by Crippen LogP contribution is 2.30. The molecule has 0 fully saturated rings. The van der Waals surface area contributed by atoms with Gasteiger partial charge in [0.25, 0.3) is 0 Å². The molecular formula is C14H20F3NO2. The highest BCUT2D eigenvalue weighted by atomic mass is 19.4. The standard InChI is InChI=1S/C14H20F3NO2/c1-9(2)11-7-12(18)10(3)6-13(11)20-5-4-19-8-14(15,16)17/h6-7,9H,4-5,8,18H2,1-3H3. The zero-order valence-electron chi connectivity index (χ0n) is 11.9. The minimum Gasteiger partial charge on any atom is -0.491 e. The minimum absolute atomic E-state index is 0.0686. The highest BCUT2D eigenvalue weighted by molar-refractivity contribution is 5.55. The molecule has 0 heterocycles. The van der Waals surface area contributed by atoms with Gasteiger partial charge in [-0.15, -0.1) is 0 Å². The van der Waals surface area contributed by atoms with Crippen LogP contribution in [-0.4, -0.2) is 26.0 Å². The number of rotatable bonds is 6. The number of nitrogen functional groups attached to an aromatic ring is 1. The van der Waals surface area contributed by atoms with Gasteiger partial charge in [-0.2, -0.15) is 13.2 Å². The van der Waals surface area contributed by atoms with Gasteiger partial charge >= 0.3 is 6.18 Å². The second kappa shape index (κ2) is 6.83. The van der Waals surface area contributed by atoms with E-state index >= 15 is 0 Å². The first kappa shape index (κ1) is 16.6. The lowest BCUT2D eigenvalue weighted by molar-refractivity contribution is -0.175. The van der Waals surface area contributed by atoms with Crippen LogP contribution in [0.15, 0.2) is 12.1 Å². The summed E-state index contributed by atoms with van der Waals surface area (Å²) in [5.41, 5.74) is 8.33. The molecule has 0 saturated carbocycles. The molecule has 0 saturated heterocycles. The minimum atomic E-state index is -4.30. The number of hydrogen-bond donors (Lipinski definition) is 1. The third-order valence-corrected chi connectivity index (χ3v) is 2.77. The molecular weight excluding hydrogens is 271 g/mol. The summed E-state index contributed by atoms with van der Waals surface area (Å²) >= 11 is 0. The molecule has 0 amide bonds. The molecule has 1 aromatic rings. The summed E-state index contributed by atoms with van der Waals surface area (Å²) in [6, 6.07) is 3.64. The maximum Gasteiger partial charge on any atom is 0.411 e. The number of anilines is 1. The first-order valence-electron chi connectivity index (χ1n) is 6.38. The summed E-state index contributed by atoms with van der Waals surface area (Å²) in [4.78, 5) is 0. The highest BCUT2D eigenvalue weighted by Gasteiger charge is 2.27. The number of nitrogens with two attached hydrogens (primary N) is 1. The molecule has 6 heteroatoms. The van der Waals surface area contributed by atoms with Gasteiger partial charge < -0.3 is 15.2 Å². The predicted molar refractivity (Wildman–Crippen MR) is 72.0 cm³/mol. The fraction of sp³-hybridized carbons (Fsp3) is 0.571. The summed E-state index contributed by atoms with van der Waals surface area (Å²) in [6.45, 7) is 4.55. The maximum atomic E-state index is 11.9. The average molecular weight is 291 g/mol. The molecule has 0 atom stereocenters. The third-order valence-electron chi connectivity index (χ3n) is 2.77. The molecule has 0 bridgehead atoms. The Balaban J connectivity index is 2.57. The zero-order chi connectivity index (χ0) is 15.3. The van der Waals surface area contributed by atoms with Gasteiger partial charge in [-0.25, -0.2) is 0 Å². The van der Waals surface area contributed by atoms with Crippen molar-refractivity contribution in [2.24, 2.45) is 0 Å². The maximum absolute atomic E-state index is 11.9.